The first-order chi connectivity index (χ1) is 9.92. The molecule has 1 unspecified atom stereocenters. The van der Waals surface area contributed by atoms with E-state index in [2.05, 4.69) is 16.6 Å². The quantitative estimate of drug-likeness (QED) is 0.754. The van der Waals surface area contributed by atoms with Crippen LogP contribution in [0.5, 0.6) is 5.75 Å². The van der Waals surface area contributed by atoms with Gasteiger partial charge in [0.25, 0.3) is 5.91 Å². The molecule has 1 aromatic rings. The SMILES string of the molecule is C#CCNC(=O)C(C)Oc1cc(F)cc(CNC(C)C)c1. The van der Waals surface area contributed by atoms with Crippen LogP contribution in [0.15, 0.2) is 18.2 Å². The maximum atomic E-state index is 13.6. The van der Waals surface area contributed by atoms with Crippen molar-refractivity contribution in [3.8, 4) is 18.1 Å². The summed E-state index contributed by atoms with van der Waals surface area (Å²) in [7, 11) is 0. The molecule has 0 bridgehead atoms. The Labute approximate surface area is 125 Å². The average molecular weight is 292 g/mol. The van der Waals surface area contributed by atoms with E-state index in [0.29, 0.717) is 18.3 Å². The fourth-order valence-electron chi connectivity index (χ4n) is 1.65. The summed E-state index contributed by atoms with van der Waals surface area (Å²) < 4.78 is 19.0. The Morgan fingerprint density at radius 1 is 1.38 bits per heavy atom. The molecule has 114 valence electrons. The Morgan fingerprint density at radius 2 is 2.10 bits per heavy atom. The van der Waals surface area contributed by atoms with Crippen LogP contribution in [0.25, 0.3) is 0 Å². The number of rotatable bonds is 7. The van der Waals surface area contributed by atoms with Crippen molar-refractivity contribution in [1.29, 1.82) is 0 Å². The molecular weight excluding hydrogens is 271 g/mol. The van der Waals surface area contributed by atoms with E-state index >= 15 is 0 Å². The van der Waals surface area contributed by atoms with Crippen molar-refractivity contribution in [2.75, 3.05) is 6.54 Å². The van der Waals surface area contributed by atoms with E-state index in [1.807, 2.05) is 13.8 Å². The highest BCUT2D eigenvalue weighted by Crippen LogP contribution is 2.18. The Kier molecular flexibility index (Phi) is 6.70. The van der Waals surface area contributed by atoms with Crippen LogP contribution in [0, 0.1) is 18.2 Å². The van der Waals surface area contributed by atoms with E-state index in [1.165, 1.54) is 12.1 Å². The van der Waals surface area contributed by atoms with Gasteiger partial charge in [-0.25, -0.2) is 4.39 Å². The van der Waals surface area contributed by atoms with Gasteiger partial charge in [0.15, 0.2) is 6.10 Å². The first-order valence-corrected chi connectivity index (χ1v) is 6.83. The molecule has 0 aliphatic carbocycles. The topological polar surface area (TPSA) is 50.4 Å². The zero-order valence-corrected chi connectivity index (χ0v) is 12.6. The Hall–Kier alpha value is -2.06. The van der Waals surface area contributed by atoms with Crippen molar-refractivity contribution >= 4 is 5.91 Å². The lowest BCUT2D eigenvalue weighted by atomic mass is 10.2. The summed E-state index contributed by atoms with van der Waals surface area (Å²) in [6, 6.07) is 4.70. The minimum absolute atomic E-state index is 0.138. The van der Waals surface area contributed by atoms with Crippen molar-refractivity contribution in [3.63, 3.8) is 0 Å². The fraction of sp³-hybridized carbons (Fsp3) is 0.438. The molecule has 1 amide bonds. The van der Waals surface area contributed by atoms with Crippen molar-refractivity contribution in [2.24, 2.45) is 0 Å². The summed E-state index contributed by atoms with van der Waals surface area (Å²) in [4.78, 5) is 11.7. The van der Waals surface area contributed by atoms with Crippen molar-refractivity contribution in [3.05, 3.63) is 29.6 Å². The van der Waals surface area contributed by atoms with Crippen LogP contribution in [0.4, 0.5) is 4.39 Å². The predicted molar refractivity (Wildman–Crippen MR) is 80.3 cm³/mol. The molecule has 0 radical (unpaired) electrons. The van der Waals surface area contributed by atoms with E-state index < -0.39 is 11.9 Å². The first kappa shape index (κ1) is 17.0. The van der Waals surface area contributed by atoms with Gasteiger partial charge in [0.2, 0.25) is 0 Å². The monoisotopic (exact) mass is 292 g/mol. The molecule has 0 saturated carbocycles. The molecule has 0 spiro atoms. The lowest BCUT2D eigenvalue weighted by Crippen LogP contribution is -2.36. The molecule has 5 heteroatoms. The highest BCUT2D eigenvalue weighted by atomic mass is 19.1. The van der Waals surface area contributed by atoms with Gasteiger partial charge in [0, 0.05) is 18.7 Å². The number of hydrogen-bond donors (Lipinski definition) is 2. The van der Waals surface area contributed by atoms with Gasteiger partial charge in [-0.3, -0.25) is 4.79 Å². The summed E-state index contributed by atoms with van der Waals surface area (Å²) >= 11 is 0. The largest absolute Gasteiger partial charge is 0.481 e. The number of terminal acetylenes is 1. The number of ether oxygens (including phenoxy) is 1. The van der Waals surface area contributed by atoms with Gasteiger partial charge in [0.05, 0.1) is 6.54 Å². The Balaban J connectivity index is 2.70. The van der Waals surface area contributed by atoms with Crippen molar-refractivity contribution in [2.45, 2.75) is 39.5 Å². The maximum absolute atomic E-state index is 13.6. The van der Waals surface area contributed by atoms with E-state index in [1.54, 1.807) is 13.0 Å². The smallest absolute Gasteiger partial charge is 0.261 e. The van der Waals surface area contributed by atoms with E-state index in [0.717, 1.165) is 5.56 Å². The highest BCUT2D eigenvalue weighted by molar-refractivity contribution is 5.80. The molecule has 1 rings (SSSR count). The second-order valence-corrected chi connectivity index (χ2v) is 5.01. The summed E-state index contributed by atoms with van der Waals surface area (Å²) in [5, 5.41) is 5.71. The summed E-state index contributed by atoms with van der Waals surface area (Å²) in [6.07, 6.45) is 4.32. The molecule has 1 atom stereocenters. The predicted octanol–water partition coefficient (Wildman–Crippen LogP) is 1.84. The molecule has 2 N–H and O–H groups in total. The summed E-state index contributed by atoms with van der Waals surface area (Å²) in [6.45, 7) is 6.27. The van der Waals surface area contributed by atoms with Crippen LogP contribution in [0.1, 0.15) is 26.3 Å². The summed E-state index contributed by atoms with van der Waals surface area (Å²) in [5.41, 5.74) is 0.759. The molecular formula is C16H21FN2O2. The standard InChI is InChI=1S/C16H21FN2O2/c1-5-6-18-16(20)12(4)21-15-8-13(7-14(17)9-15)10-19-11(2)3/h1,7-9,11-12,19H,6,10H2,2-4H3,(H,18,20). The first-order valence-electron chi connectivity index (χ1n) is 6.83. The number of carbonyl (C=O) groups excluding carboxylic acids is 1. The van der Waals surface area contributed by atoms with Gasteiger partial charge in [-0.2, -0.15) is 0 Å². The van der Waals surface area contributed by atoms with Gasteiger partial charge >= 0.3 is 0 Å². The molecule has 4 nitrogen and oxygen atoms in total. The molecule has 0 saturated heterocycles. The van der Waals surface area contributed by atoms with E-state index in [4.69, 9.17) is 11.2 Å². The highest BCUT2D eigenvalue weighted by Gasteiger charge is 2.14. The van der Waals surface area contributed by atoms with Crippen molar-refractivity contribution in [1.82, 2.24) is 10.6 Å². The summed E-state index contributed by atoms with van der Waals surface area (Å²) in [5.74, 6) is 1.89. The zero-order valence-electron chi connectivity index (χ0n) is 12.6. The fourth-order valence-corrected chi connectivity index (χ4v) is 1.65. The maximum Gasteiger partial charge on any atom is 0.261 e. The Bertz CT molecular complexity index is 523. The van der Waals surface area contributed by atoms with Crippen LogP contribution in [-0.4, -0.2) is 24.6 Å². The third-order valence-corrected chi connectivity index (χ3v) is 2.69. The molecule has 1 aromatic carbocycles. The number of hydrogen-bond acceptors (Lipinski definition) is 3. The number of benzene rings is 1. The van der Waals surface area contributed by atoms with E-state index in [-0.39, 0.29) is 12.5 Å². The third-order valence-electron chi connectivity index (χ3n) is 2.69. The zero-order chi connectivity index (χ0) is 15.8. The second-order valence-electron chi connectivity index (χ2n) is 5.01. The normalized spacial score (nSPS) is 11.8. The number of halogens is 1. The number of carbonyl (C=O) groups is 1. The minimum atomic E-state index is -0.744. The molecule has 0 aromatic heterocycles. The van der Waals surface area contributed by atoms with Crippen LogP contribution in [-0.2, 0) is 11.3 Å². The van der Waals surface area contributed by atoms with Gasteiger partial charge in [-0.05, 0) is 24.6 Å². The van der Waals surface area contributed by atoms with Crippen LogP contribution < -0.4 is 15.4 Å². The molecule has 0 heterocycles. The molecule has 0 fully saturated rings. The second kappa shape index (κ2) is 8.28. The van der Waals surface area contributed by atoms with Crippen LogP contribution in [0.3, 0.4) is 0 Å². The molecule has 0 aliphatic rings. The van der Waals surface area contributed by atoms with E-state index in [9.17, 15) is 9.18 Å². The van der Waals surface area contributed by atoms with Gasteiger partial charge < -0.3 is 15.4 Å². The van der Waals surface area contributed by atoms with Gasteiger partial charge in [-0.1, -0.05) is 19.8 Å². The van der Waals surface area contributed by atoms with Gasteiger partial charge in [0.1, 0.15) is 11.6 Å². The van der Waals surface area contributed by atoms with Crippen molar-refractivity contribution < 1.29 is 13.9 Å². The number of nitrogens with one attached hydrogen (secondary N) is 2. The third kappa shape index (κ3) is 6.28. The molecule has 21 heavy (non-hydrogen) atoms. The Morgan fingerprint density at radius 3 is 2.71 bits per heavy atom. The number of amides is 1. The lowest BCUT2D eigenvalue weighted by molar-refractivity contribution is -0.127. The molecule has 0 aliphatic heterocycles. The minimum Gasteiger partial charge on any atom is -0.481 e. The average Bonchev–Trinajstić information content (AvgIpc) is 2.41. The van der Waals surface area contributed by atoms with Gasteiger partial charge in [-0.15, -0.1) is 6.42 Å². The van der Waals surface area contributed by atoms with Crippen LogP contribution in [0.2, 0.25) is 0 Å². The van der Waals surface area contributed by atoms with Crippen LogP contribution >= 0.6 is 0 Å². The lowest BCUT2D eigenvalue weighted by Gasteiger charge is -2.15.